The highest BCUT2D eigenvalue weighted by atomic mass is 16.5. The first-order chi connectivity index (χ1) is 11.8. The fourth-order valence-electron chi connectivity index (χ4n) is 1.71. The van der Waals surface area contributed by atoms with Crippen LogP contribution < -0.4 is 15.4 Å². The second-order valence-corrected chi connectivity index (χ2v) is 6.14. The Labute approximate surface area is 148 Å². The summed E-state index contributed by atoms with van der Waals surface area (Å²) in [6.45, 7) is 7.77. The average Bonchev–Trinajstić information content (AvgIpc) is 2.57. The molecule has 0 heterocycles. The zero-order valence-electron chi connectivity index (χ0n) is 15.1. The van der Waals surface area contributed by atoms with Gasteiger partial charge >= 0.3 is 12.0 Å². The number of carbonyl (C=O) groups excluding carboxylic acids is 3. The van der Waals surface area contributed by atoms with Crippen molar-refractivity contribution in [2.45, 2.75) is 40.2 Å². The molecule has 1 rings (SSSR count). The second-order valence-electron chi connectivity index (χ2n) is 6.14. The van der Waals surface area contributed by atoms with Crippen LogP contribution in [-0.4, -0.2) is 37.2 Å². The van der Waals surface area contributed by atoms with Crippen molar-refractivity contribution in [1.29, 1.82) is 0 Å². The number of amides is 3. The first-order valence-corrected chi connectivity index (χ1v) is 8.32. The third kappa shape index (κ3) is 8.19. The molecule has 0 fully saturated rings. The summed E-state index contributed by atoms with van der Waals surface area (Å²) in [5.41, 5.74) is 0.276. The van der Waals surface area contributed by atoms with Gasteiger partial charge in [0.25, 0.3) is 5.91 Å². The van der Waals surface area contributed by atoms with Gasteiger partial charge in [0.15, 0.2) is 6.61 Å². The largest absolute Gasteiger partial charge is 0.493 e. The van der Waals surface area contributed by atoms with Crippen molar-refractivity contribution in [2.24, 2.45) is 5.92 Å². The van der Waals surface area contributed by atoms with E-state index in [4.69, 9.17) is 9.47 Å². The maximum absolute atomic E-state index is 12.0. The number of esters is 1. The minimum Gasteiger partial charge on any atom is -0.493 e. The van der Waals surface area contributed by atoms with E-state index in [-0.39, 0.29) is 11.6 Å². The van der Waals surface area contributed by atoms with E-state index in [0.29, 0.717) is 18.3 Å². The molecule has 0 aromatic heterocycles. The van der Waals surface area contributed by atoms with Crippen LogP contribution in [0.15, 0.2) is 24.3 Å². The average molecular weight is 350 g/mol. The number of carbonyl (C=O) groups is 3. The van der Waals surface area contributed by atoms with E-state index >= 15 is 0 Å². The highest BCUT2D eigenvalue weighted by Gasteiger charge is 2.14. The first kappa shape index (κ1) is 20.5. The number of urea groups is 1. The van der Waals surface area contributed by atoms with E-state index < -0.39 is 24.5 Å². The van der Waals surface area contributed by atoms with Gasteiger partial charge in [-0.25, -0.2) is 9.59 Å². The predicted octanol–water partition coefficient (Wildman–Crippen LogP) is 2.50. The van der Waals surface area contributed by atoms with E-state index in [1.165, 1.54) is 0 Å². The van der Waals surface area contributed by atoms with Gasteiger partial charge in [-0.3, -0.25) is 10.1 Å². The van der Waals surface area contributed by atoms with Crippen molar-refractivity contribution in [3.05, 3.63) is 29.8 Å². The van der Waals surface area contributed by atoms with E-state index in [0.717, 1.165) is 6.42 Å². The molecule has 1 aromatic rings. The summed E-state index contributed by atoms with van der Waals surface area (Å²) >= 11 is 0. The van der Waals surface area contributed by atoms with Crippen molar-refractivity contribution in [1.82, 2.24) is 10.6 Å². The molecule has 0 aliphatic heterocycles. The van der Waals surface area contributed by atoms with Gasteiger partial charge in [0.05, 0.1) is 12.2 Å². The second kappa shape index (κ2) is 10.3. The molecule has 2 N–H and O–H groups in total. The molecule has 0 saturated heterocycles. The summed E-state index contributed by atoms with van der Waals surface area (Å²) < 4.78 is 10.5. The maximum Gasteiger partial charge on any atom is 0.338 e. The first-order valence-electron chi connectivity index (χ1n) is 8.32. The Bertz CT molecular complexity index is 601. The quantitative estimate of drug-likeness (QED) is 0.703. The number of ether oxygens (including phenoxy) is 2. The van der Waals surface area contributed by atoms with Gasteiger partial charge in [0.1, 0.15) is 5.75 Å². The van der Waals surface area contributed by atoms with Crippen LogP contribution in [0, 0.1) is 5.92 Å². The predicted molar refractivity (Wildman–Crippen MR) is 93.5 cm³/mol. The minimum absolute atomic E-state index is 0.0519. The highest BCUT2D eigenvalue weighted by Crippen LogP contribution is 2.15. The van der Waals surface area contributed by atoms with Crippen molar-refractivity contribution >= 4 is 17.9 Å². The lowest BCUT2D eigenvalue weighted by Crippen LogP contribution is -2.44. The summed E-state index contributed by atoms with van der Waals surface area (Å²) in [5, 5.41) is 4.69. The molecule has 0 saturated carbocycles. The van der Waals surface area contributed by atoms with Crippen LogP contribution in [0.4, 0.5) is 4.79 Å². The van der Waals surface area contributed by atoms with E-state index in [2.05, 4.69) is 10.6 Å². The standard InChI is InChI=1S/C18H26N2O5/c1-5-13(4)19-18(23)20-16(21)11-25-17(22)14-7-6-8-15(9-14)24-10-12(2)3/h6-9,12-13H,5,10-11H2,1-4H3,(H2,19,20,21,23)/t13-/m0/s1. The fourth-order valence-corrected chi connectivity index (χ4v) is 1.71. The Kier molecular flexibility index (Phi) is 8.46. The smallest absolute Gasteiger partial charge is 0.338 e. The molecule has 0 unspecified atom stereocenters. The molecule has 7 nitrogen and oxygen atoms in total. The molecule has 0 bridgehead atoms. The van der Waals surface area contributed by atoms with Crippen molar-refractivity contribution in [2.75, 3.05) is 13.2 Å². The van der Waals surface area contributed by atoms with Gasteiger partial charge < -0.3 is 14.8 Å². The van der Waals surface area contributed by atoms with Crippen molar-refractivity contribution in [3.63, 3.8) is 0 Å². The number of rotatable bonds is 8. The number of nitrogens with one attached hydrogen (secondary N) is 2. The molecule has 1 atom stereocenters. The molecular formula is C18H26N2O5. The Hall–Kier alpha value is -2.57. The van der Waals surface area contributed by atoms with Crippen LogP contribution in [0.2, 0.25) is 0 Å². The van der Waals surface area contributed by atoms with Crippen LogP contribution in [0.3, 0.4) is 0 Å². The lowest BCUT2D eigenvalue weighted by molar-refractivity contribution is -0.123. The van der Waals surface area contributed by atoms with E-state index in [1.807, 2.05) is 27.7 Å². The lowest BCUT2D eigenvalue weighted by atomic mass is 10.2. The van der Waals surface area contributed by atoms with Gasteiger partial charge in [0, 0.05) is 6.04 Å². The monoisotopic (exact) mass is 350 g/mol. The Morgan fingerprint density at radius 2 is 1.88 bits per heavy atom. The van der Waals surface area contributed by atoms with Crippen LogP contribution in [0.5, 0.6) is 5.75 Å². The molecule has 25 heavy (non-hydrogen) atoms. The summed E-state index contributed by atoms with van der Waals surface area (Å²) in [4.78, 5) is 35.1. The van der Waals surface area contributed by atoms with Crippen molar-refractivity contribution in [3.8, 4) is 5.75 Å². The fraction of sp³-hybridized carbons (Fsp3) is 0.500. The third-order valence-electron chi connectivity index (χ3n) is 3.23. The van der Waals surface area contributed by atoms with Crippen LogP contribution in [0.25, 0.3) is 0 Å². The topological polar surface area (TPSA) is 93.7 Å². The van der Waals surface area contributed by atoms with Crippen molar-refractivity contribution < 1.29 is 23.9 Å². The molecule has 3 amide bonds. The van der Waals surface area contributed by atoms with Gasteiger partial charge in [0.2, 0.25) is 0 Å². The maximum atomic E-state index is 12.0. The number of benzene rings is 1. The normalized spacial score (nSPS) is 11.6. The zero-order chi connectivity index (χ0) is 18.8. The summed E-state index contributed by atoms with van der Waals surface area (Å²) in [6.07, 6.45) is 0.742. The summed E-state index contributed by atoms with van der Waals surface area (Å²) in [6, 6.07) is 5.87. The summed E-state index contributed by atoms with van der Waals surface area (Å²) in [5.74, 6) is -0.435. The molecule has 1 aromatic carbocycles. The summed E-state index contributed by atoms with van der Waals surface area (Å²) in [7, 11) is 0. The molecule has 0 aliphatic carbocycles. The van der Waals surface area contributed by atoms with Crippen LogP contribution in [-0.2, 0) is 9.53 Å². The Morgan fingerprint density at radius 1 is 1.16 bits per heavy atom. The molecule has 7 heteroatoms. The molecule has 0 spiro atoms. The van der Waals surface area contributed by atoms with Gasteiger partial charge in [-0.1, -0.05) is 26.8 Å². The van der Waals surface area contributed by atoms with Gasteiger partial charge in [-0.2, -0.15) is 0 Å². The molecule has 138 valence electrons. The molecular weight excluding hydrogens is 324 g/mol. The number of imide groups is 1. The Morgan fingerprint density at radius 3 is 2.52 bits per heavy atom. The van der Waals surface area contributed by atoms with Crippen LogP contribution >= 0.6 is 0 Å². The third-order valence-corrected chi connectivity index (χ3v) is 3.23. The van der Waals surface area contributed by atoms with Gasteiger partial charge in [-0.05, 0) is 37.5 Å². The lowest BCUT2D eigenvalue weighted by Gasteiger charge is -2.12. The van der Waals surface area contributed by atoms with E-state index in [9.17, 15) is 14.4 Å². The molecule has 0 radical (unpaired) electrons. The van der Waals surface area contributed by atoms with Crippen LogP contribution in [0.1, 0.15) is 44.5 Å². The number of hydrogen-bond donors (Lipinski definition) is 2. The highest BCUT2D eigenvalue weighted by molar-refractivity contribution is 5.97. The van der Waals surface area contributed by atoms with Gasteiger partial charge in [-0.15, -0.1) is 0 Å². The van der Waals surface area contributed by atoms with E-state index in [1.54, 1.807) is 24.3 Å². The zero-order valence-corrected chi connectivity index (χ0v) is 15.1. The number of hydrogen-bond acceptors (Lipinski definition) is 5. The minimum atomic E-state index is -0.693. The Balaban J connectivity index is 2.47. The molecule has 0 aliphatic rings. The SMILES string of the molecule is CC[C@H](C)NC(=O)NC(=O)COC(=O)c1cccc(OCC(C)C)c1.